The summed E-state index contributed by atoms with van der Waals surface area (Å²) in [7, 11) is 3.22. The smallest absolute Gasteiger partial charge is 0.244 e. The molecule has 2 N–H and O–H groups in total. The van der Waals surface area contributed by atoms with E-state index in [1.807, 2.05) is 12.1 Å². The first-order valence-electron chi connectivity index (χ1n) is 8.51. The highest BCUT2D eigenvalue weighted by atomic mass is 16.5. The molecule has 1 saturated heterocycles. The van der Waals surface area contributed by atoms with Crippen LogP contribution in [0.25, 0.3) is 0 Å². The molecule has 0 saturated carbocycles. The lowest BCUT2D eigenvalue weighted by molar-refractivity contribution is 0.0398. The van der Waals surface area contributed by atoms with Crippen molar-refractivity contribution in [2.24, 2.45) is 0 Å². The first-order chi connectivity index (χ1) is 12.8. The van der Waals surface area contributed by atoms with Gasteiger partial charge in [0, 0.05) is 32.2 Å². The summed E-state index contributed by atoms with van der Waals surface area (Å²) in [4.78, 5) is 6.78. The highest BCUT2D eigenvalue weighted by Gasteiger charge is 2.10. The Morgan fingerprint density at radius 3 is 2.81 bits per heavy atom. The monoisotopic (exact) mass is 360 g/mol. The third-order valence-corrected chi connectivity index (χ3v) is 4.05. The van der Waals surface area contributed by atoms with Gasteiger partial charge in [-0.15, -0.1) is 5.10 Å². The molecule has 2 aromatic rings. The molecule has 0 unspecified atom stereocenters. The molecule has 1 aromatic carbocycles. The fraction of sp³-hybridized carbons (Fsp3) is 0.471. The van der Waals surface area contributed by atoms with Gasteiger partial charge in [0.05, 0.1) is 39.3 Å². The summed E-state index contributed by atoms with van der Waals surface area (Å²) in [6, 6.07) is 5.52. The zero-order valence-electron chi connectivity index (χ0n) is 15.1. The Balaban J connectivity index is 1.58. The SMILES string of the molecule is COc1ccc(Nc2cnnc(NCCN3CCOCC3)n2)c(OC)c1. The molecule has 1 aliphatic rings. The molecule has 1 aromatic heterocycles. The second kappa shape index (κ2) is 9.16. The quantitative estimate of drug-likeness (QED) is 0.724. The number of ether oxygens (including phenoxy) is 3. The maximum Gasteiger partial charge on any atom is 0.244 e. The van der Waals surface area contributed by atoms with Crippen LogP contribution < -0.4 is 20.1 Å². The maximum atomic E-state index is 5.38. The van der Waals surface area contributed by atoms with Crippen LogP contribution in [0.1, 0.15) is 0 Å². The van der Waals surface area contributed by atoms with Crippen molar-refractivity contribution in [3.63, 3.8) is 0 Å². The number of nitrogens with zero attached hydrogens (tertiary/aromatic N) is 4. The normalized spacial score (nSPS) is 14.7. The zero-order chi connectivity index (χ0) is 18.2. The lowest BCUT2D eigenvalue weighted by Crippen LogP contribution is -2.39. The van der Waals surface area contributed by atoms with Gasteiger partial charge in [-0.3, -0.25) is 4.90 Å². The average molecular weight is 360 g/mol. The number of morpholine rings is 1. The standard InChI is InChI=1S/C17H24N6O3/c1-24-13-3-4-14(15(11-13)25-2)20-16-12-19-22-17(21-16)18-5-6-23-7-9-26-10-8-23/h3-4,11-12H,5-10H2,1-2H3,(H2,18,20,21,22). The summed E-state index contributed by atoms with van der Waals surface area (Å²) in [6.45, 7) is 5.16. The molecule has 2 heterocycles. The molecule has 1 fully saturated rings. The van der Waals surface area contributed by atoms with Crippen LogP contribution >= 0.6 is 0 Å². The van der Waals surface area contributed by atoms with Gasteiger partial charge >= 0.3 is 0 Å². The molecule has 140 valence electrons. The summed E-state index contributed by atoms with van der Waals surface area (Å²) in [6.07, 6.45) is 1.57. The number of rotatable bonds is 8. The molecular weight excluding hydrogens is 336 g/mol. The van der Waals surface area contributed by atoms with Gasteiger partial charge in [0.15, 0.2) is 5.82 Å². The second-order valence-electron chi connectivity index (χ2n) is 5.74. The van der Waals surface area contributed by atoms with Gasteiger partial charge in [0.2, 0.25) is 5.95 Å². The van der Waals surface area contributed by atoms with Gasteiger partial charge < -0.3 is 24.8 Å². The van der Waals surface area contributed by atoms with Gasteiger partial charge in [-0.2, -0.15) is 10.1 Å². The Morgan fingerprint density at radius 2 is 2.04 bits per heavy atom. The van der Waals surface area contributed by atoms with Gasteiger partial charge in [0.25, 0.3) is 0 Å². The first-order valence-corrected chi connectivity index (χ1v) is 8.51. The minimum atomic E-state index is 0.482. The van der Waals surface area contributed by atoms with Crippen LogP contribution in [0.3, 0.4) is 0 Å². The number of hydrogen-bond donors (Lipinski definition) is 2. The molecule has 1 aliphatic heterocycles. The number of methoxy groups -OCH3 is 2. The van der Waals surface area contributed by atoms with Crippen molar-refractivity contribution in [2.45, 2.75) is 0 Å². The van der Waals surface area contributed by atoms with Crippen LogP contribution in [0.5, 0.6) is 11.5 Å². The van der Waals surface area contributed by atoms with Crippen LogP contribution in [0, 0.1) is 0 Å². The van der Waals surface area contributed by atoms with Crippen molar-refractivity contribution >= 4 is 17.5 Å². The molecule has 0 aliphatic carbocycles. The van der Waals surface area contributed by atoms with Crippen molar-refractivity contribution in [1.29, 1.82) is 0 Å². The number of anilines is 3. The Kier molecular flexibility index (Phi) is 6.39. The van der Waals surface area contributed by atoms with E-state index in [1.165, 1.54) is 0 Å². The van der Waals surface area contributed by atoms with Crippen LogP contribution in [0.4, 0.5) is 17.5 Å². The van der Waals surface area contributed by atoms with Crippen molar-refractivity contribution < 1.29 is 14.2 Å². The predicted octanol–water partition coefficient (Wildman–Crippen LogP) is 1.38. The Bertz CT molecular complexity index is 709. The molecule has 9 heteroatoms. The zero-order valence-corrected chi connectivity index (χ0v) is 15.1. The molecular formula is C17H24N6O3. The van der Waals surface area contributed by atoms with Crippen molar-refractivity contribution in [2.75, 3.05) is 64.2 Å². The highest BCUT2D eigenvalue weighted by Crippen LogP contribution is 2.30. The molecule has 9 nitrogen and oxygen atoms in total. The summed E-state index contributed by atoms with van der Waals surface area (Å²) in [5, 5.41) is 14.4. The lowest BCUT2D eigenvalue weighted by atomic mass is 10.2. The average Bonchev–Trinajstić information content (AvgIpc) is 2.69. The highest BCUT2D eigenvalue weighted by molar-refractivity contribution is 5.65. The third-order valence-electron chi connectivity index (χ3n) is 4.05. The molecule has 3 rings (SSSR count). The first kappa shape index (κ1) is 18.2. The van der Waals surface area contributed by atoms with E-state index in [9.17, 15) is 0 Å². The second-order valence-corrected chi connectivity index (χ2v) is 5.74. The van der Waals surface area contributed by atoms with Crippen LogP contribution in [0.2, 0.25) is 0 Å². The number of aromatic nitrogens is 3. The number of benzene rings is 1. The minimum Gasteiger partial charge on any atom is -0.497 e. The molecule has 0 bridgehead atoms. The fourth-order valence-electron chi connectivity index (χ4n) is 2.63. The summed E-state index contributed by atoms with van der Waals surface area (Å²) in [5.74, 6) is 2.44. The topological polar surface area (TPSA) is 93.7 Å². The van der Waals surface area contributed by atoms with Crippen molar-refractivity contribution in [3.05, 3.63) is 24.4 Å². The molecule has 26 heavy (non-hydrogen) atoms. The molecule has 0 amide bonds. The van der Waals surface area contributed by atoms with E-state index in [4.69, 9.17) is 14.2 Å². The Morgan fingerprint density at radius 1 is 1.19 bits per heavy atom. The van der Waals surface area contributed by atoms with E-state index < -0.39 is 0 Å². The van der Waals surface area contributed by atoms with Crippen LogP contribution in [0.15, 0.2) is 24.4 Å². The van der Waals surface area contributed by atoms with Crippen molar-refractivity contribution in [3.8, 4) is 11.5 Å². The predicted molar refractivity (Wildman–Crippen MR) is 98.4 cm³/mol. The molecule has 0 radical (unpaired) electrons. The van der Waals surface area contributed by atoms with E-state index in [1.54, 1.807) is 26.5 Å². The van der Waals surface area contributed by atoms with Gasteiger partial charge in [-0.1, -0.05) is 0 Å². The van der Waals surface area contributed by atoms with E-state index in [0.717, 1.165) is 50.8 Å². The van der Waals surface area contributed by atoms with E-state index in [2.05, 4.69) is 30.7 Å². The number of hydrogen-bond acceptors (Lipinski definition) is 9. The summed E-state index contributed by atoms with van der Waals surface area (Å²) < 4.78 is 15.9. The van der Waals surface area contributed by atoms with Gasteiger partial charge in [0.1, 0.15) is 11.5 Å². The fourth-order valence-corrected chi connectivity index (χ4v) is 2.63. The Hall–Kier alpha value is -2.65. The Labute approximate surface area is 152 Å². The van der Waals surface area contributed by atoms with E-state index >= 15 is 0 Å². The third kappa shape index (κ3) is 4.93. The van der Waals surface area contributed by atoms with Gasteiger partial charge in [-0.05, 0) is 12.1 Å². The molecule has 0 atom stereocenters. The largest absolute Gasteiger partial charge is 0.497 e. The van der Waals surface area contributed by atoms with Gasteiger partial charge in [-0.25, -0.2) is 0 Å². The van der Waals surface area contributed by atoms with Crippen LogP contribution in [-0.4, -0.2) is 73.7 Å². The van der Waals surface area contributed by atoms with E-state index in [-0.39, 0.29) is 0 Å². The van der Waals surface area contributed by atoms with Crippen molar-refractivity contribution in [1.82, 2.24) is 20.1 Å². The lowest BCUT2D eigenvalue weighted by Gasteiger charge is -2.26. The molecule has 0 spiro atoms. The summed E-state index contributed by atoms with van der Waals surface area (Å²) >= 11 is 0. The summed E-state index contributed by atoms with van der Waals surface area (Å²) in [5.41, 5.74) is 0.771. The number of nitrogens with one attached hydrogen (secondary N) is 2. The van der Waals surface area contributed by atoms with E-state index in [0.29, 0.717) is 17.5 Å². The maximum absolute atomic E-state index is 5.38. The van der Waals surface area contributed by atoms with Crippen LogP contribution in [-0.2, 0) is 4.74 Å². The minimum absolute atomic E-state index is 0.482.